The number of aromatic nitrogens is 4. The van der Waals surface area contributed by atoms with E-state index >= 15 is 0 Å². The van der Waals surface area contributed by atoms with Crippen molar-refractivity contribution in [3.05, 3.63) is 77.8 Å². The highest BCUT2D eigenvalue weighted by atomic mass is 19.4. The van der Waals surface area contributed by atoms with E-state index in [2.05, 4.69) is 21.8 Å². The summed E-state index contributed by atoms with van der Waals surface area (Å²) in [6, 6.07) is 3.23. The standard InChI is InChI=1S/C22H18F5N5O2/c1-13-3-2-10-31(17(13)12-34-18-7-4-14(11-28-18)22(25,26)27)21(33)15-5-6-16(23)19(24)20(15)32-29-8-9-30-32/h4-9,11,17H,1-3,10,12H2/t17-/m1/s1. The molecule has 7 nitrogen and oxygen atoms in total. The van der Waals surface area contributed by atoms with Crippen LogP contribution < -0.4 is 4.74 Å². The number of carbonyl (C=O) groups excluding carboxylic acids is 1. The van der Waals surface area contributed by atoms with E-state index in [9.17, 15) is 26.7 Å². The number of hydrogen-bond donors (Lipinski definition) is 0. The van der Waals surface area contributed by atoms with Crippen molar-refractivity contribution in [2.45, 2.75) is 25.1 Å². The predicted octanol–water partition coefficient (Wildman–Crippen LogP) is 4.20. The molecule has 1 aromatic carbocycles. The van der Waals surface area contributed by atoms with E-state index in [4.69, 9.17) is 4.74 Å². The van der Waals surface area contributed by atoms with Crippen LogP contribution in [0.25, 0.3) is 5.69 Å². The number of pyridine rings is 1. The molecule has 3 heterocycles. The Bertz CT molecular complexity index is 1200. The molecule has 1 amide bonds. The quantitative estimate of drug-likeness (QED) is 0.405. The third kappa shape index (κ3) is 4.61. The van der Waals surface area contributed by atoms with E-state index < -0.39 is 41.0 Å². The predicted molar refractivity (Wildman–Crippen MR) is 109 cm³/mol. The Morgan fingerprint density at radius 3 is 2.53 bits per heavy atom. The lowest BCUT2D eigenvalue weighted by Crippen LogP contribution is -2.48. The highest BCUT2D eigenvalue weighted by Gasteiger charge is 2.34. The number of ether oxygens (including phenoxy) is 1. The van der Waals surface area contributed by atoms with Gasteiger partial charge < -0.3 is 9.64 Å². The van der Waals surface area contributed by atoms with Crippen LogP contribution >= 0.6 is 0 Å². The highest BCUT2D eigenvalue weighted by Crippen LogP contribution is 2.30. The van der Waals surface area contributed by atoms with Crippen molar-refractivity contribution in [3.8, 4) is 11.6 Å². The summed E-state index contributed by atoms with van der Waals surface area (Å²) in [6.07, 6.45) is -0.192. The van der Waals surface area contributed by atoms with Crippen LogP contribution in [0, 0.1) is 11.6 Å². The van der Waals surface area contributed by atoms with Gasteiger partial charge in [-0.05, 0) is 31.0 Å². The number of benzene rings is 1. The van der Waals surface area contributed by atoms with Gasteiger partial charge in [0.15, 0.2) is 11.6 Å². The Labute approximate surface area is 190 Å². The second-order valence-corrected chi connectivity index (χ2v) is 7.55. The molecule has 0 bridgehead atoms. The number of nitrogens with zero attached hydrogens (tertiary/aromatic N) is 5. The van der Waals surface area contributed by atoms with Gasteiger partial charge in [-0.3, -0.25) is 4.79 Å². The summed E-state index contributed by atoms with van der Waals surface area (Å²) in [5, 5.41) is 7.62. The maximum Gasteiger partial charge on any atom is 0.417 e. The van der Waals surface area contributed by atoms with Crippen molar-refractivity contribution < 1.29 is 31.5 Å². The minimum atomic E-state index is -4.53. The fourth-order valence-electron chi connectivity index (χ4n) is 3.66. The van der Waals surface area contributed by atoms with Crippen molar-refractivity contribution >= 4 is 5.91 Å². The van der Waals surface area contributed by atoms with E-state index in [-0.39, 0.29) is 24.6 Å². The molecular weight excluding hydrogens is 461 g/mol. The van der Waals surface area contributed by atoms with E-state index in [0.717, 1.165) is 29.1 Å². The van der Waals surface area contributed by atoms with Gasteiger partial charge in [0.25, 0.3) is 5.91 Å². The molecule has 0 saturated carbocycles. The fourth-order valence-corrected chi connectivity index (χ4v) is 3.66. The third-order valence-electron chi connectivity index (χ3n) is 5.38. The maximum atomic E-state index is 14.6. The molecule has 1 fully saturated rings. The number of carbonyl (C=O) groups is 1. The van der Waals surface area contributed by atoms with Crippen LogP contribution in [-0.2, 0) is 6.18 Å². The number of rotatable bonds is 5. The van der Waals surface area contributed by atoms with Crippen LogP contribution in [0.4, 0.5) is 22.0 Å². The van der Waals surface area contributed by atoms with Crippen LogP contribution in [-0.4, -0.2) is 50.0 Å². The molecule has 0 radical (unpaired) electrons. The number of amides is 1. The van der Waals surface area contributed by atoms with Gasteiger partial charge >= 0.3 is 6.18 Å². The summed E-state index contributed by atoms with van der Waals surface area (Å²) in [6.45, 7) is 4.12. The van der Waals surface area contributed by atoms with E-state index in [0.29, 0.717) is 24.6 Å². The average Bonchev–Trinajstić information content (AvgIpc) is 3.33. The first-order chi connectivity index (χ1) is 16.2. The first-order valence-electron chi connectivity index (χ1n) is 10.2. The van der Waals surface area contributed by atoms with Crippen molar-refractivity contribution in [2.24, 2.45) is 0 Å². The molecule has 3 aromatic rings. The smallest absolute Gasteiger partial charge is 0.417 e. The molecule has 0 spiro atoms. The fraction of sp³-hybridized carbons (Fsp3) is 0.273. The van der Waals surface area contributed by atoms with Gasteiger partial charge in [-0.1, -0.05) is 12.2 Å². The maximum absolute atomic E-state index is 14.6. The van der Waals surface area contributed by atoms with Gasteiger partial charge in [0, 0.05) is 18.8 Å². The summed E-state index contributed by atoms with van der Waals surface area (Å²) in [5.41, 5.74) is -0.873. The second-order valence-electron chi connectivity index (χ2n) is 7.55. The zero-order valence-electron chi connectivity index (χ0n) is 17.6. The molecule has 1 atom stereocenters. The summed E-state index contributed by atoms with van der Waals surface area (Å²) in [5.74, 6) is -3.13. The number of alkyl halides is 3. The third-order valence-corrected chi connectivity index (χ3v) is 5.38. The van der Waals surface area contributed by atoms with Crippen LogP contribution in [0.1, 0.15) is 28.8 Å². The molecule has 1 aliphatic heterocycles. The Morgan fingerprint density at radius 1 is 1.15 bits per heavy atom. The van der Waals surface area contributed by atoms with Gasteiger partial charge in [0.2, 0.25) is 5.88 Å². The van der Waals surface area contributed by atoms with Crippen LogP contribution in [0.15, 0.2) is 55.0 Å². The summed E-state index contributed by atoms with van der Waals surface area (Å²) in [4.78, 5) is 19.3. The summed E-state index contributed by atoms with van der Waals surface area (Å²) >= 11 is 0. The number of halogens is 5. The van der Waals surface area contributed by atoms with Gasteiger partial charge in [0.05, 0.1) is 29.6 Å². The first kappa shape index (κ1) is 23.3. The van der Waals surface area contributed by atoms with Gasteiger partial charge in [-0.25, -0.2) is 13.8 Å². The van der Waals surface area contributed by atoms with Gasteiger partial charge in [0.1, 0.15) is 12.3 Å². The van der Waals surface area contributed by atoms with Crippen LogP contribution in [0.5, 0.6) is 5.88 Å². The monoisotopic (exact) mass is 479 g/mol. The molecule has 12 heteroatoms. The molecule has 4 rings (SSSR count). The molecular formula is C22H18F5N5O2. The van der Waals surface area contributed by atoms with Crippen molar-refractivity contribution in [2.75, 3.05) is 13.2 Å². The largest absolute Gasteiger partial charge is 0.475 e. The minimum Gasteiger partial charge on any atom is -0.475 e. The molecule has 0 N–H and O–H groups in total. The second kappa shape index (κ2) is 9.20. The number of hydrogen-bond acceptors (Lipinski definition) is 5. The number of piperidine rings is 1. The molecule has 2 aromatic heterocycles. The normalized spacial score (nSPS) is 16.6. The van der Waals surface area contributed by atoms with E-state index in [1.54, 1.807) is 0 Å². The highest BCUT2D eigenvalue weighted by molar-refractivity contribution is 5.98. The van der Waals surface area contributed by atoms with E-state index in [1.807, 2.05) is 0 Å². The average molecular weight is 479 g/mol. The molecule has 1 saturated heterocycles. The van der Waals surface area contributed by atoms with Crippen LogP contribution in [0.3, 0.4) is 0 Å². The van der Waals surface area contributed by atoms with Crippen molar-refractivity contribution in [1.29, 1.82) is 0 Å². The lowest BCUT2D eigenvalue weighted by atomic mass is 9.96. The minimum absolute atomic E-state index is 0.0620. The van der Waals surface area contributed by atoms with Crippen LogP contribution in [0.2, 0.25) is 0 Å². The molecule has 0 aliphatic carbocycles. The summed E-state index contributed by atoms with van der Waals surface area (Å²) < 4.78 is 72.3. The SMILES string of the molecule is C=C1CCCN(C(=O)c2ccc(F)c(F)c2-n2nccn2)[C@@H]1COc1ccc(C(F)(F)F)cn1. The Morgan fingerprint density at radius 2 is 1.88 bits per heavy atom. The topological polar surface area (TPSA) is 73.1 Å². The molecule has 178 valence electrons. The zero-order chi connectivity index (χ0) is 24.5. The first-order valence-corrected chi connectivity index (χ1v) is 10.2. The van der Waals surface area contributed by atoms with Gasteiger partial charge in [-0.2, -0.15) is 23.4 Å². The lowest BCUT2D eigenvalue weighted by molar-refractivity contribution is -0.137. The van der Waals surface area contributed by atoms with Crippen molar-refractivity contribution in [3.63, 3.8) is 0 Å². The molecule has 34 heavy (non-hydrogen) atoms. The Balaban J connectivity index is 1.59. The molecule has 1 aliphatic rings. The Hall–Kier alpha value is -3.83. The molecule has 0 unspecified atom stereocenters. The lowest BCUT2D eigenvalue weighted by Gasteiger charge is -2.37. The van der Waals surface area contributed by atoms with Gasteiger partial charge in [-0.15, -0.1) is 4.80 Å². The van der Waals surface area contributed by atoms with Crippen molar-refractivity contribution in [1.82, 2.24) is 24.9 Å². The Kier molecular flexibility index (Phi) is 6.31. The van der Waals surface area contributed by atoms with E-state index in [1.165, 1.54) is 17.3 Å². The summed E-state index contributed by atoms with van der Waals surface area (Å²) in [7, 11) is 0. The number of likely N-dealkylation sites (tertiary alicyclic amines) is 1. The zero-order valence-corrected chi connectivity index (χ0v) is 17.6.